The molecule has 156 valence electrons. The molecule has 1 aliphatic rings. The van der Waals surface area contributed by atoms with Gasteiger partial charge in [-0.05, 0) is 43.4 Å². The monoisotopic (exact) mass is 418 g/mol. The van der Waals surface area contributed by atoms with Crippen molar-refractivity contribution in [2.75, 3.05) is 0 Å². The fourth-order valence-electron chi connectivity index (χ4n) is 3.69. The Balaban J connectivity index is 0. The van der Waals surface area contributed by atoms with Gasteiger partial charge in [0.25, 0.3) is 0 Å². The summed E-state index contributed by atoms with van der Waals surface area (Å²) in [6.45, 7) is 10.4. The Labute approximate surface area is 215 Å². The summed E-state index contributed by atoms with van der Waals surface area (Å²) < 4.78 is 0. The van der Waals surface area contributed by atoms with E-state index in [9.17, 15) is 15.0 Å². The van der Waals surface area contributed by atoms with Crippen molar-refractivity contribution in [2.24, 2.45) is 17.3 Å². The standard InChI is InChI=1S/C23H38O4.K.H/c1-5-6-15-23(3,4)21(25)14-13-19-18(17(2)16-20(19)24)11-9-7-8-10-12-22(26)27;;/h7,9,13-14,18-21,24-25H,2,5-6,8,10-12,15-16H2,1,3-4H3,(H,26,27);;/q;+1;-1/b9-7-,14-13+;;/t18-,19+,20+,21+;;/m0../s1. The Kier molecular flexibility index (Phi) is 14.4. The molecule has 4 nitrogen and oxygen atoms in total. The molecule has 1 aliphatic carbocycles. The first-order valence-electron chi connectivity index (χ1n) is 10.3. The summed E-state index contributed by atoms with van der Waals surface area (Å²) in [5.74, 6) is -0.628. The van der Waals surface area contributed by atoms with Gasteiger partial charge < -0.3 is 16.7 Å². The Hall–Kier alpha value is 0.246. The minimum Gasteiger partial charge on any atom is -1.00 e. The average molecular weight is 419 g/mol. The minimum atomic E-state index is -0.763. The van der Waals surface area contributed by atoms with E-state index < -0.39 is 18.2 Å². The van der Waals surface area contributed by atoms with Crippen LogP contribution in [-0.4, -0.2) is 33.5 Å². The molecule has 28 heavy (non-hydrogen) atoms. The molecule has 0 aromatic heterocycles. The van der Waals surface area contributed by atoms with E-state index in [4.69, 9.17) is 5.11 Å². The molecule has 0 spiro atoms. The van der Waals surface area contributed by atoms with Gasteiger partial charge in [-0.15, -0.1) is 0 Å². The largest absolute Gasteiger partial charge is 1.00 e. The van der Waals surface area contributed by atoms with E-state index >= 15 is 0 Å². The second kappa shape index (κ2) is 14.3. The summed E-state index contributed by atoms with van der Waals surface area (Å²) in [4.78, 5) is 10.5. The summed E-state index contributed by atoms with van der Waals surface area (Å²) in [6, 6.07) is 0. The Morgan fingerprint density at radius 1 is 1.36 bits per heavy atom. The Morgan fingerprint density at radius 3 is 2.64 bits per heavy atom. The number of carbonyl (C=O) groups is 1. The third-order valence-electron chi connectivity index (χ3n) is 5.71. The molecule has 0 aromatic rings. The number of aliphatic carboxylic acids is 1. The molecular weight excluding hydrogens is 379 g/mol. The minimum absolute atomic E-state index is 0. The van der Waals surface area contributed by atoms with Gasteiger partial charge >= 0.3 is 57.4 Å². The van der Waals surface area contributed by atoms with Gasteiger partial charge in [-0.25, -0.2) is 0 Å². The number of aliphatic hydroxyl groups excluding tert-OH is 2. The number of aliphatic hydroxyl groups is 2. The fraction of sp³-hybridized carbons (Fsp3) is 0.696. The summed E-state index contributed by atoms with van der Waals surface area (Å²) in [6.07, 6.45) is 13.1. The van der Waals surface area contributed by atoms with Crippen LogP contribution in [0.15, 0.2) is 36.5 Å². The molecule has 1 rings (SSSR count). The normalized spacial score (nSPS) is 24.0. The number of hydrogen-bond donors (Lipinski definition) is 3. The quantitative estimate of drug-likeness (QED) is 0.257. The van der Waals surface area contributed by atoms with E-state index in [1.807, 2.05) is 18.2 Å². The van der Waals surface area contributed by atoms with Gasteiger partial charge in [0.1, 0.15) is 0 Å². The summed E-state index contributed by atoms with van der Waals surface area (Å²) in [5, 5.41) is 29.6. The van der Waals surface area contributed by atoms with E-state index in [-0.39, 0.29) is 76.5 Å². The fourth-order valence-corrected chi connectivity index (χ4v) is 3.69. The molecule has 1 fully saturated rings. The molecule has 3 N–H and O–H groups in total. The van der Waals surface area contributed by atoms with Gasteiger partial charge in [0.15, 0.2) is 0 Å². The molecule has 0 aliphatic heterocycles. The van der Waals surface area contributed by atoms with Crippen LogP contribution in [0.2, 0.25) is 0 Å². The molecule has 0 saturated heterocycles. The van der Waals surface area contributed by atoms with Crippen LogP contribution in [0.3, 0.4) is 0 Å². The van der Waals surface area contributed by atoms with Crippen LogP contribution in [0.1, 0.15) is 73.6 Å². The maximum absolute atomic E-state index is 10.6. The van der Waals surface area contributed by atoms with Gasteiger partial charge in [-0.3, -0.25) is 4.79 Å². The molecule has 0 heterocycles. The summed E-state index contributed by atoms with van der Waals surface area (Å²) in [7, 11) is 0. The van der Waals surface area contributed by atoms with Crippen LogP contribution in [0.5, 0.6) is 0 Å². The number of unbranched alkanes of at least 4 members (excludes halogenated alkanes) is 2. The molecule has 0 unspecified atom stereocenters. The number of carboxylic acids is 1. The zero-order chi connectivity index (χ0) is 20.4. The smallest absolute Gasteiger partial charge is 1.00 e. The van der Waals surface area contributed by atoms with Gasteiger partial charge in [0.2, 0.25) is 0 Å². The molecule has 0 bridgehead atoms. The van der Waals surface area contributed by atoms with Crippen LogP contribution in [-0.2, 0) is 4.79 Å². The second-order valence-electron chi connectivity index (χ2n) is 8.53. The first kappa shape index (κ1) is 28.2. The zero-order valence-corrected chi connectivity index (χ0v) is 21.4. The third kappa shape index (κ3) is 9.83. The predicted molar refractivity (Wildman–Crippen MR) is 112 cm³/mol. The van der Waals surface area contributed by atoms with Crippen molar-refractivity contribution in [2.45, 2.75) is 84.3 Å². The zero-order valence-electron chi connectivity index (χ0n) is 19.2. The molecule has 4 atom stereocenters. The van der Waals surface area contributed by atoms with Gasteiger partial charge in [0, 0.05) is 12.3 Å². The first-order valence-corrected chi connectivity index (χ1v) is 10.3. The van der Waals surface area contributed by atoms with Crippen LogP contribution in [0.4, 0.5) is 0 Å². The van der Waals surface area contributed by atoms with Gasteiger partial charge in [0.05, 0.1) is 12.2 Å². The van der Waals surface area contributed by atoms with E-state index in [1.165, 1.54) is 0 Å². The van der Waals surface area contributed by atoms with E-state index in [2.05, 4.69) is 33.4 Å². The second-order valence-corrected chi connectivity index (χ2v) is 8.53. The Bertz CT molecular complexity index is 545. The maximum Gasteiger partial charge on any atom is 1.00 e. The van der Waals surface area contributed by atoms with E-state index in [0.717, 1.165) is 37.7 Å². The van der Waals surface area contributed by atoms with Crippen LogP contribution >= 0.6 is 0 Å². The summed E-state index contributed by atoms with van der Waals surface area (Å²) in [5.41, 5.74) is 0.874. The van der Waals surface area contributed by atoms with Gasteiger partial charge in [-0.2, -0.15) is 0 Å². The van der Waals surface area contributed by atoms with Gasteiger partial charge in [-0.1, -0.05) is 70.1 Å². The van der Waals surface area contributed by atoms with Crippen molar-refractivity contribution in [1.82, 2.24) is 0 Å². The average Bonchev–Trinajstić information content (AvgIpc) is 2.86. The number of rotatable bonds is 12. The van der Waals surface area contributed by atoms with E-state index in [0.29, 0.717) is 12.8 Å². The first-order chi connectivity index (χ1) is 12.7. The van der Waals surface area contributed by atoms with Crippen molar-refractivity contribution in [3.63, 3.8) is 0 Å². The van der Waals surface area contributed by atoms with Crippen LogP contribution in [0, 0.1) is 17.3 Å². The molecule has 1 saturated carbocycles. The van der Waals surface area contributed by atoms with E-state index in [1.54, 1.807) is 0 Å². The molecule has 0 radical (unpaired) electrons. The SMILES string of the molecule is C=C1C[C@@H](O)[C@H](/C=C/[C@@H](O)C(C)(C)CCCC)[C@H]1C/C=C\CCCC(=O)O.[H-].[K+]. The topological polar surface area (TPSA) is 77.8 Å². The van der Waals surface area contributed by atoms with Crippen LogP contribution < -0.4 is 51.4 Å². The Morgan fingerprint density at radius 2 is 2.04 bits per heavy atom. The van der Waals surface area contributed by atoms with Crippen LogP contribution in [0.25, 0.3) is 0 Å². The molecular formula is C23H39KO4. The number of hydrogen-bond acceptors (Lipinski definition) is 3. The molecule has 0 amide bonds. The predicted octanol–water partition coefficient (Wildman–Crippen LogP) is 1.99. The van der Waals surface area contributed by atoms with Crippen molar-refractivity contribution < 1.29 is 72.9 Å². The van der Waals surface area contributed by atoms with Crippen molar-refractivity contribution in [1.29, 1.82) is 0 Å². The third-order valence-corrected chi connectivity index (χ3v) is 5.71. The molecule has 5 heteroatoms. The number of allylic oxidation sites excluding steroid dienone is 2. The number of carboxylic acid groups (broad SMARTS) is 1. The molecule has 0 aromatic carbocycles. The van der Waals surface area contributed by atoms with Crippen molar-refractivity contribution in [3.8, 4) is 0 Å². The van der Waals surface area contributed by atoms with Crippen molar-refractivity contribution >= 4 is 5.97 Å². The maximum atomic E-state index is 10.6. The van der Waals surface area contributed by atoms with Crippen molar-refractivity contribution in [3.05, 3.63) is 36.5 Å². The summed E-state index contributed by atoms with van der Waals surface area (Å²) >= 11 is 0.